The molecule has 6 nitrogen and oxygen atoms in total. The zero-order valence-corrected chi connectivity index (χ0v) is 15.0. The molecule has 2 aromatic rings. The van der Waals surface area contributed by atoms with Gasteiger partial charge in [0.1, 0.15) is 22.3 Å². The lowest BCUT2D eigenvalue weighted by Gasteiger charge is -2.30. The van der Waals surface area contributed by atoms with Crippen LogP contribution in [0.4, 0.5) is 14.5 Å². The highest BCUT2D eigenvalue weighted by Gasteiger charge is 2.33. The third kappa shape index (κ3) is 4.25. The summed E-state index contributed by atoms with van der Waals surface area (Å²) in [7, 11) is -4.18. The summed E-state index contributed by atoms with van der Waals surface area (Å²) in [5.74, 6) is -2.54. The van der Waals surface area contributed by atoms with Gasteiger partial charge in [-0.25, -0.2) is 17.2 Å². The number of anilines is 1. The molecular weight excluding hydrogens is 378 g/mol. The Morgan fingerprint density at radius 2 is 1.81 bits per heavy atom. The number of amides is 1. The second-order valence-corrected chi connectivity index (χ2v) is 8.20. The monoisotopic (exact) mass is 396 g/mol. The molecule has 2 aromatic carbocycles. The maximum absolute atomic E-state index is 13.8. The minimum Gasteiger partial charge on any atom is -0.508 e. The van der Waals surface area contributed by atoms with E-state index in [9.17, 15) is 27.1 Å². The maximum atomic E-state index is 13.8. The predicted octanol–water partition coefficient (Wildman–Crippen LogP) is 2.71. The summed E-state index contributed by atoms with van der Waals surface area (Å²) in [6, 6.07) is 8.39. The zero-order chi connectivity index (χ0) is 19.6. The average molecular weight is 396 g/mol. The van der Waals surface area contributed by atoms with Crippen LogP contribution in [0.5, 0.6) is 5.75 Å². The normalized spacial score (nSPS) is 16.2. The molecule has 3 rings (SSSR count). The number of carbonyl (C=O) groups is 1. The van der Waals surface area contributed by atoms with Crippen molar-refractivity contribution in [2.24, 2.45) is 5.92 Å². The fourth-order valence-corrected chi connectivity index (χ4v) is 4.55. The van der Waals surface area contributed by atoms with Crippen LogP contribution in [0.2, 0.25) is 0 Å². The Labute approximate surface area is 155 Å². The molecule has 0 radical (unpaired) electrons. The molecule has 1 fully saturated rings. The Bertz CT molecular complexity index is 958. The van der Waals surface area contributed by atoms with Gasteiger partial charge in [0.15, 0.2) is 0 Å². The van der Waals surface area contributed by atoms with E-state index in [1.165, 1.54) is 12.1 Å². The van der Waals surface area contributed by atoms with Gasteiger partial charge in [0.2, 0.25) is 15.9 Å². The molecule has 1 amide bonds. The number of hydrogen-bond acceptors (Lipinski definition) is 4. The number of sulfonamides is 1. The lowest BCUT2D eigenvalue weighted by molar-refractivity contribution is -0.120. The molecule has 2 N–H and O–H groups in total. The van der Waals surface area contributed by atoms with Gasteiger partial charge in [-0.2, -0.15) is 4.31 Å². The number of nitrogens with one attached hydrogen (secondary N) is 1. The lowest BCUT2D eigenvalue weighted by Crippen LogP contribution is -2.41. The van der Waals surface area contributed by atoms with E-state index >= 15 is 0 Å². The van der Waals surface area contributed by atoms with Crippen LogP contribution in [0.25, 0.3) is 0 Å². The van der Waals surface area contributed by atoms with Crippen molar-refractivity contribution in [3.05, 3.63) is 54.1 Å². The first-order valence-electron chi connectivity index (χ1n) is 8.32. The van der Waals surface area contributed by atoms with E-state index in [4.69, 9.17) is 0 Å². The van der Waals surface area contributed by atoms with Crippen LogP contribution in [0, 0.1) is 17.6 Å². The van der Waals surface area contributed by atoms with Crippen LogP contribution in [0.3, 0.4) is 0 Å². The van der Waals surface area contributed by atoms with Crippen molar-refractivity contribution in [1.82, 2.24) is 4.31 Å². The van der Waals surface area contributed by atoms with Gasteiger partial charge in [-0.1, -0.05) is 6.07 Å². The number of benzene rings is 2. The summed E-state index contributed by atoms with van der Waals surface area (Å²) < 4.78 is 53.3. The van der Waals surface area contributed by atoms with Crippen LogP contribution in [0.1, 0.15) is 12.8 Å². The molecule has 1 saturated heterocycles. The smallest absolute Gasteiger partial charge is 0.246 e. The summed E-state index contributed by atoms with van der Waals surface area (Å²) in [4.78, 5) is 11.6. The molecule has 1 aliphatic heterocycles. The molecule has 0 unspecified atom stereocenters. The fourth-order valence-electron chi connectivity index (χ4n) is 3.00. The highest BCUT2D eigenvalue weighted by atomic mass is 32.2. The Hall–Kier alpha value is -2.52. The molecule has 0 saturated carbocycles. The molecular formula is C18H18F2N2O4S. The van der Waals surface area contributed by atoms with E-state index in [0.717, 1.165) is 16.4 Å². The number of piperidine rings is 1. The maximum Gasteiger partial charge on any atom is 0.246 e. The summed E-state index contributed by atoms with van der Waals surface area (Å²) in [6.45, 7) is 0.0484. The van der Waals surface area contributed by atoms with Crippen molar-refractivity contribution < 1.29 is 27.1 Å². The molecule has 1 aliphatic rings. The van der Waals surface area contributed by atoms with Crippen molar-refractivity contribution in [3.63, 3.8) is 0 Å². The van der Waals surface area contributed by atoms with Gasteiger partial charge in [0, 0.05) is 30.8 Å². The molecule has 0 atom stereocenters. The molecule has 0 aromatic heterocycles. The van der Waals surface area contributed by atoms with Gasteiger partial charge in [-0.3, -0.25) is 4.79 Å². The number of phenols is 1. The second-order valence-electron chi connectivity index (χ2n) is 6.29. The summed E-state index contributed by atoms with van der Waals surface area (Å²) in [5, 5.41) is 12.1. The molecule has 0 aliphatic carbocycles. The lowest BCUT2D eigenvalue weighted by atomic mass is 9.97. The number of nitrogens with zero attached hydrogens (tertiary/aromatic N) is 1. The van der Waals surface area contributed by atoms with Crippen LogP contribution in [0.15, 0.2) is 47.4 Å². The second kappa shape index (κ2) is 7.61. The van der Waals surface area contributed by atoms with Gasteiger partial charge in [0.25, 0.3) is 0 Å². The number of aromatic hydroxyl groups is 1. The summed E-state index contributed by atoms with van der Waals surface area (Å²) in [5.41, 5.74) is 0.442. The Morgan fingerprint density at radius 1 is 1.11 bits per heavy atom. The fraction of sp³-hybridized carbons (Fsp3) is 0.278. The highest BCUT2D eigenvalue weighted by molar-refractivity contribution is 7.89. The molecule has 144 valence electrons. The summed E-state index contributed by atoms with van der Waals surface area (Å²) in [6.07, 6.45) is 0.502. The summed E-state index contributed by atoms with van der Waals surface area (Å²) >= 11 is 0. The quantitative estimate of drug-likeness (QED) is 0.832. The third-order valence-corrected chi connectivity index (χ3v) is 6.36. The Balaban J connectivity index is 1.66. The van der Waals surface area contributed by atoms with E-state index in [1.807, 2.05) is 0 Å². The van der Waals surface area contributed by atoms with Gasteiger partial charge >= 0.3 is 0 Å². The van der Waals surface area contributed by atoms with Crippen LogP contribution in [-0.4, -0.2) is 36.8 Å². The largest absolute Gasteiger partial charge is 0.508 e. The average Bonchev–Trinajstić information content (AvgIpc) is 2.63. The van der Waals surface area contributed by atoms with Crippen molar-refractivity contribution >= 4 is 21.6 Å². The van der Waals surface area contributed by atoms with Crippen molar-refractivity contribution in [2.75, 3.05) is 18.4 Å². The first kappa shape index (κ1) is 19.2. The van der Waals surface area contributed by atoms with Gasteiger partial charge in [0.05, 0.1) is 0 Å². The van der Waals surface area contributed by atoms with E-state index in [-0.39, 0.29) is 37.6 Å². The van der Waals surface area contributed by atoms with Crippen molar-refractivity contribution in [3.8, 4) is 5.75 Å². The molecule has 0 bridgehead atoms. The molecule has 9 heteroatoms. The molecule has 27 heavy (non-hydrogen) atoms. The van der Waals surface area contributed by atoms with Crippen LogP contribution >= 0.6 is 0 Å². The van der Waals surface area contributed by atoms with Gasteiger partial charge < -0.3 is 10.4 Å². The minimum absolute atomic E-state index is 0.0193. The third-order valence-electron chi connectivity index (χ3n) is 4.45. The first-order valence-corrected chi connectivity index (χ1v) is 9.76. The van der Waals surface area contributed by atoms with E-state index in [1.54, 1.807) is 12.1 Å². The van der Waals surface area contributed by atoms with E-state index < -0.39 is 32.5 Å². The van der Waals surface area contributed by atoms with E-state index in [2.05, 4.69) is 5.32 Å². The Kier molecular flexibility index (Phi) is 5.43. The standard InChI is InChI=1S/C18H18F2N2O4S/c19-13-4-5-16(20)17(10-13)27(25,26)22-8-6-12(7-9-22)18(24)21-14-2-1-3-15(23)11-14/h1-5,10-12,23H,6-9H2,(H,21,24). The number of rotatable bonds is 4. The van der Waals surface area contributed by atoms with Crippen LogP contribution in [-0.2, 0) is 14.8 Å². The molecule has 0 spiro atoms. The topological polar surface area (TPSA) is 86.7 Å². The first-order chi connectivity index (χ1) is 12.8. The zero-order valence-electron chi connectivity index (χ0n) is 14.2. The SMILES string of the molecule is O=C(Nc1cccc(O)c1)C1CCN(S(=O)(=O)c2cc(F)ccc2F)CC1. The number of phenolic OH excluding ortho intramolecular Hbond substituents is 1. The highest BCUT2D eigenvalue weighted by Crippen LogP contribution is 2.27. The predicted molar refractivity (Wildman–Crippen MR) is 94.6 cm³/mol. The van der Waals surface area contributed by atoms with Crippen molar-refractivity contribution in [2.45, 2.75) is 17.7 Å². The van der Waals surface area contributed by atoms with Gasteiger partial charge in [-0.15, -0.1) is 0 Å². The van der Waals surface area contributed by atoms with E-state index in [0.29, 0.717) is 11.8 Å². The van der Waals surface area contributed by atoms with Crippen molar-refractivity contribution in [1.29, 1.82) is 0 Å². The number of halogens is 2. The Morgan fingerprint density at radius 3 is 2.48 bits per heavy atom. The van der Waals surface area contributed by atoms with Crippen LogP contribution < -0.4 is 5.32 Å². The molecule has 1 heterocycles. The number of hydrogen-bond donors (Lipinski definition) is 2. The number of carbonyl (C=O) groups excluding carboxylic acids is 1. The van der Waals surface area contributed by atoms with Gasteiger partial charge in [-0.05, 0) is 43.2 Å². The minimum atomic E-state index is -4.18.